The molecule has 2 N–H and O–H groups in total. The molecule has 0 saturated carbocycles. The fourth-order valence-electron chi connectivity index (χ4n) is 2.65. The van der Waals surface area contributed by atoms with Gasteiger partial charge in [0, 0.05) is 50.2 Å². The molecule has 6 heteroatoms. The van der Waals surface area contributed by atoms with Gasteiger partial charge < -0.3 is 15.6 Å². The zero-order valence-electron chi connectivity index (χ0n) is 12.5. The van der Waals surface area contributed by atoms with E-state index in [0.717, 1.165) is 31.9 Å². The number of hydrogen-bond acceptors (Lipinski definition) is 5. The first-order chi connectivity index (χ1) is 10.7. The standard InChI is InChI=1S/C16H19N5O/c1-2-12(10-17)14-9-16(22)21-11-13(3-4-15(21)19-14)20-7-5-18-6-8-20/h2-4,9-11,17-18H,5-8H2,1H3/b12-2+,17-10?. The predicted octanol–water partition coefficient (Wildman–Crippen LogP) is 1.16. The Labute approximate surface area is 128 Å². The number of aromatic nitrogens is 2. The van der Waals surface area contributed by atoms with Crippen molar-refractivity contribution in [1.29, 1.82) is 5.41 Å². The summed E-state index contributed by atoms with van der Waals surface area (Å²) in [5.41, 5.74) is 2.69. The fraction of sp³-hybridized carbons (Fsp3) is 0.312. The summed E-state index contributed by atoms with van der Waals surface area (Å²) in [5, 5.41) is 10.7. The maximum Gasteiger partial charge on any atom is 0.258 e. The molecule has 114 valence electrons. The maximum atomic E-state index is 12.4. The summed E-state index contributed by atoms with van der Waals surface area (Å²) in [4.78, 5) is 19.1. The lowest BCUT2D eigenvalue weighted by Crippen LogP contribution is -2.43. The van der Waals surface area contributed by atoms with Gasteiger partial charge in [0.2, 0.25) is 0 Å². The third-order valence-electron chi connectivity index (χ3n) is 3.89. The summed E-state index contributed by atoms with van der Waals surface area (Å²) in [6.45, 7) is 5.60. The summed E-state index contributed by atoms with van der Waals surface area (Å²) in [7, 11) is 0. The van der Waals surface area contributed by atoms with Crippen LogP contribution < -0.4 is 15.8 Å². The lowest BCUT2D eigenvalue weighted by molar-refractivity contribution is 0.588. The third kappa shape index (κ3) is 2.65. The van der Waals surface area contributed by atoms with E-state index in [1.54, 1.807) is 10.5 Å². The average molecular weight is 297 g/mol. The van der Waals surface area contributed by atoms with E-state index in [2.05, 4.69) is 15.2 Å². The molecule has 3 rings (SSSR count). The molecule has 0 atom stereocenters. The molecule has 0 aromatic carbocycles. The van der Waals surface area contributed by atoms with Gasteiger partial charge in [0.1, 0.15) is 5.65 Å². The number of hydrogen-bond donors (Lipinski definition) is 2. The van der Waals surface area contributed by atoms with Crippen molar-refractivity contribution in [3.63, 3.8) is 0 Å². The van der Waals surface area contributed by atoms with Gasteiger partial charge in [0.15, 0.2) is 0 Å². The van der Waals surface area contributed by atoms with Crippen LogP contribution in [0, 0.1) is 5.41 Å². The number of pyridine rings is 1. The van der Waals surface area contributed by atoms with Crippen LogP contribution in [0.3, 0.4) is 0 Å². The number of piperazine rings is 1. The van der Waals surface area contributed by atoms with Crippen molar-refractivity contribution in [3.8, 4) is 0 Å². The fourth-order valence-corrected chi connectivity index (χ4v) is 2.65. The van der Waals surface area contributed by atoms with Gasteiger partial charge >= 0.3 is 0 Å². The predicted molar refractivity (Wildman–Crippen MR) is 89.0 cm³/mol. The van der Waals surface area contributed by atoms with Gasteiger partial charge in [-0.25, -0.2) is 4.98 Å². The van der Waals surface area contributed by atoms with Crippen molar-refractivity contribution in [2.45, 2.75) is 6.92 Å². The van der Waals surface area contributed by atoms with Crippen LogP contribution in [0.4, 0.5) is 5.69 Å². The smallest absolute Gasteiger partial charge is 0.258 e. The Morgan fingerprint density at radius 2 is 2.14 bits per heavy atom. The van der Waals surface area contributed by atoms with E-state index >= 15 is 0 Å². The molecule has 0 unspecified atom stereocenters. The maximum absolute atomic E-state index is 12.4. The number of nitrogens with zero attached hydrogens (tertiary/aromatic N) is 3. The van der Waals surface area contributed by atoms with Crippen molar-refractivity contribution in [2.24, 2.45) is 0 Å². The molecule has 0 bridgehead atoms. The van der Waals surface area contributed by atoms with Crippen LogP contribution in [0.1, 0.15) is 12.6 Å². The van der Waals surface area contributed by atoms with E-state index in [0.29, 0.717) is 16.9 Å². The molecular weight excluding hydrogens is 278 g/mol. The van der Waals surface area contributed by atoms with E-state index in [4.69, 9.17) is 5.41 Å². The van der Waals surface area contributed by atoms with E-state index in [9.17, 15) is 4.79 Å². The molecule has 1 aliphatic heterocycles. The van der Waals surface area contributed by atoms with Crippen molar-refractivity contribution in [1.82, 2.24) is 14.7 Å². The van der Waals surface area contributed by atoms with Crippen molar-refractivity contribution >= 4 is 23.1 Å². The zero-order chi connectivity index (χ0) is 15.5. The summed E-state index contributed by atoms with van der Waals surface area (Å²) >= 11 is 0. The lowest BCUT2D eigenvalue weighted by atomic mass is 10.2. The highest BCUT2D eigenvalue weighted by Gasteiger charge is 2.12. The first kappa shape index (κ1) is 14.5. The largest absolute Gasteiger partial charge is 0.368 e. The van der Waals surface area contributed by atoms with Crippen molar-refractivity contribution in [3.05, 3.63) is 46.5 Å². The van der Waals surface area contributed by atoms with Gasteiger partial charge in [0.05, 0.1) is 11.4 Å². The second-order valence-corrected chi connectivity index (χ2v) is 5.22. The number of nitrogens with one attached hydrogen (secondary N) is 2. The summed E-state index contributed by atoms with van der Waals surface area (Å²) in [6.07, 6.45) is 4.84. The Kier molecular flexibility index (Phi) is 4.02. The minimum Gasteiger partial charge on any atom is -0.368 e. The van der Waals surface area contributed by atoms with E-state index in [-0.39, 0.29) is 5.56 Å². The average Bonchev–Trinajstić information content (AvgIpc) is 2.57. The SMILES string of the molecule is C/C=C(\C=N)c1cc(=O)n2cc(N3CCNCC3)ccc2n1. The Bertz CT molecular complexity index is 787. The van der Waals surface area contributed by atoms with Gasteiger partial charge in [-0.2, -0.15) is 0 Å². The van der Waals surface area contributed by atoms with Crippen LogP contribution >= 0.6 is 0 Å². The second-order valence-electron chi connectivity index (χ2n) is 5.22. The second kappa shape index (κ2) is 6.11. The summed E-state index contributed by atoms with van der Waals surface area (Å²) < 4.78 is 1.57. The molecule has 2 aromatic heterocycles. The van der Waals surface area contributed by atoms with Gasteiger partial charge in [-0.05, 0) is 19.1 Å². The summed E-state index contributed by atoms with van der Waals surface area (Å²) in [6, 6.07) is 5.34. The van der Waals surface area contributed by atoms with Gasteiger partial charge in [-0.3, -0.25) is 9.20 Å². The zero-order valence-corrected chi connectivity index (χ0v) is 12.5. The van der Waals surface area contributed by atoms with Crippen LogP contribution in [0.5, 0.6) is 0 Å². The van der Waals surface area contributed by atoms with E-state index in [1.165, 1.54) is 12.3 Å². The van der Waals surface area contributed by atoms with Crippen molar-refractivity contribution in [2.75, 3.05) is 31.1 Å². The Morgan fingerprint density at radius 1 is 1.36 bits per heavy atom. The van der Waals surface area contributed by atoms with Crippen LogP contribution in [0.2, 0.25) is 0 Å². The van der Waals surface area contributed by atoms with Crippen LogP contribution in [0.15, 0.2) is 35.3 Å². The van der Waals surface area contributed by atoms with Crippen LogP contribution in [0.25, 0.3) is 11.2 Å². The van der Waals surface area contributed by atoms with Crippen LogP contribution in [-0.4, -0.2) is 41.8 Å². The molecule has 0 radical (unpaired) electrons. The minimum absolute atomic E-state index is 0.127. The molecule has 0 spiro atoms. The quantitative estimate of drug-likeness (QED) is 0.834. The topological polar surface area (TPSA) is 73.5 Å². The number of fused-ring (bicyclic) bond motifs is 1. The minimum atomic E-state index is -0.127. The molecule has 0 amide bonds. The molecule has 2 aromatic rings. The monoisotopic (exact) mass is 297 g/mol. The highest BCUT2D eigenvalue weighted by Crippen LogP contribution is 2.16. The first-order valence-electron chi connectivity index (χ1n) is 7.39. The molecule has 6 nitrogen and oxygen atoms in total. The molecular formula is C16H19N5O. The Balaban J connectivity index is 2.06. The third-order valence-corrected chi connectivity index (χ3v) is 3.89. The molecule has 1 fully saturated rings. The van der Waals surface area contributed by atoms with E-state index < -0.39 is 0 Å². The first-order valence-corrected chi connectivity index (χ1v) is 7.39. The molecule has 0 aliphatic carbocycles. The number of allylic oxidation sites excluding steroid dienone is 2. The highest BCUT2D eigenvalue weighted by atomic mass is 16.1. The van der Waals surface area contributed by atoms with Crippen LogP contribution in [-0.2, 0) is 0 Å². The highest BCUT2D eigenvalue weighted by molar-refractivity contribution is 6.07. The van der Waals surface area contributed by atoms with Gasteiger partial charge in [0.25, 0.3) is 5.56 Å². The Morgan fingerprint density at radius 3 is 2.82 bits per heavy atom. The normalized spacial score (nSPS) is 16.0. The molecule has 3 heterocycles. The molecule has 1 aliphatic rings. The number of rotatable bonds is 3. The lowest BCUT2D eigenvalue weighted by Gasteiger charge is -2.29. The number of anilines is 1. The van der Waals surface area contributed by atoms with E-state index in [1.807, 2.05) is 25.3 Å². The van der Waals surface area contributed by atoms with Gasteiger partial charge in [-0.15, -0.1) is 0 Å². The molecule has 22 heavy (non-hydrogen) atoms. The Hall–Kier alpha value is -2.47. The van der Waals surface area contributed by atoms with Gasteiger partial charge in [-0.1, -0.05) is 6.08 Å². The summed E-state index contributed by atoms with van der Waals surface area (Å²) in [5.74, 6) is 0. The van der Waals surface area contributed by atoms with Crippen molar-refractivity contribution < 1.29 is 0 Å². The molecule has 1 saturated heterocycles.